The highest BCUT2D eigenvalue weighted by atomic mass is 32.2. The molecule has 0 saturated heterocycles. The highest BCUT2D eigenvalue weighted by Crippen LogP contribution is 2.31. The Morgan fingerprint density at radius 2 is 1.93 bits per heavy atom. The van der Waals surface area contributed by atoms with Gasteiger partial charge in [0.1, 0.15) is 12.4 Å². The van der Waals surface area contributed by atoms with Gasteiger partial charge in [-0.3, -0.25) is 4.79 Å². The van der Waals surface area contributed by atoms with Gasteiger partial charge >= 0.3 is 5.51 Å². The lowest BCUT2D eigenvalue weighted by molar-refractivity contribution is -0.671. The predicted octanol–water partition coefficient (Wildman–Crippen LogP) is 2.91. The Morgan fingerprint density at radius 1 is 1.33 bits per heavy atom. The fourth-order valence-electron chi connectivity index (χ4n) is 1.97. The normalized spacial score (nSPS) is 13.1. The molecule has 7 nitrogen and oxygen atoms in total. The molecule has 27 heavy (non-hydrogen) atoms. The second-order valence-corrected chi connectivity index (χ2v) is 7.99. The highest BCUT2D eigenvalue weighted by Gasteiger charge is 2.40. The Kier molecular flexibility index (Phi) is 10.6. The van der Waals surface area contributed by atoms with Crippen LogP contribution in [0.3, 0.4) is 0 Å². The van der Waals surface area contributed by atoms with E-state index in [0.29, 0.717) is 0 Å². The molecule has 1 atom stereocenters. The number of hydrogen-bond donors (Lipinski definition) is 0. The first-order valence-electron chi connectivity index (χ1n) is 8.46. The van der Waals surface area contributed by atoms with E-state index in [1.807, 2.05) is 7.05 Å². The summed E-state index contributed by atoms with van der Waals surface area (Å²) in [6.07, 6.45) is 8.68. The van der Waals surface area contributed by atoms with Gasteiger partial charge in [0.15, 0.2) is 10.0 Å². The quantitative estimate of drug-likeness (QED) is 0.483. The summed E-state index contributed by atoms with van der Waals surface area (Å²) < 4.78 is 68.8. The van der Waals surface area contributed by atoms with Crippen molar-refractivity contribution in [1.82, 2.24) is 4.57 Å². The maximum atomic E-state index is 12.1. The van der Waals surface area contributed by atoms with E-state index in [4.69, 9.17) is 0 Å². The molecule has 0 saturated carbocycles. The van der Waals surface area contributed by atoms with Crippen LogP contribution in [0, 0.1) is 5.92 Å². The maximum Gasteiger partial charge on any atom is 0.480 e. The van der Waals surface area contributed by atoms with E-state index in [9.17, 15) is 26.4 Å². The number of carbonyl (C=O) groups is 1. The average Bonchev–Trinajstić information content (AvgIpc) is 2.95. The van der Waals surface area contributed by atoms with Crippen LogP contribution in [0.1, 0.15) is 40.0 Å². The van der Waals surface area contributed by atoms with E-state index in [0.717, 1.165) is 13.7 Å². The van der Waals surface area contributed by atoms with E-state index in [1.54, 1.807) is 13.8 Å². The Hall–Kier alpha value is -1.62. The van der Waals surface area contributed by atoms with E-state index in [1.165, 1.54) is 12.8 Å². The van der Waals surface area contributed by atoms with Crippen molar-refractivity contribution in [2.75, 3.05) is 7.11 Å². The number of sulfonamides is 1. The molecule has 0 spiro atoms. The summed E-state index contributed by atoms with van der Waals surface area (Å²) in [4.78, 5) is 11.1. The van der Waals surface area contributed by atoms with Crippen LogP contribution in [-0.2, 0) is 33.1 Å². The number of hydrogen-bond acceptors (Lipinski definition) is 4. The second kappa shape index (κ2) is 11.3. The van der Waals surface area contributed by atoms with Crippen molar-refractivity contribution in [2.24, 2.45) is 13.0 Å². The maximum absolute atomic E-state index is 12.1. The van der Waals surface area contributed by atoms with Crippen molar-refractivity contribution in [3.05, 3.63) is 23.4 Å². The summed E-state index contributed by atoms with van der Waals surface area (Å²) in [7, 11) is -2.68. The van der Waals surface area contributed by atoms with E-state index in [-0.39, 0.29) is 12.3 Å². The van der Waals surface area contributed by atoms with Crippen molar-refractivity contribution < 1.29 is 35.7 Å². The lowest BCUT2D eigenvalue weighted by Gasteiger charge is -2.30. The van der Waals surface area contributed by atoms with Gasteiger partial charge in [0.05, 0.1) is 20.7 Å². The molecule has 1 aromatic rings. The van der Waals surface area contributed by atoms with Gasteiger partial charge in [0, 0.05) is 0 Å². The zero-order valence-electron chi connectivity index (χ0n) is 16.2. The lowest BCUT2D eigenvalue weighted by atomic mass is 10.1. The number of carbonyl (C=O) groups excluding carboxylic acids is 1. The van der Waals surface area contributed by atoms with Crippen LogP contribution in [0.4, 0.5) is 13.2 Å². The largest absolute Gasteiger partial charge is 0.529 e. The van der Waals surface area contributed by atoms with Crippen LogP contribution in [0.25, 0.3) is 4.72 Å². The predicted molar refractivity (Wildman–Crippen MR) is 94.1 cm³/mol. The minimum absolute atomic E-state index is 0.137. The van der Waals surface area contributed by atoms with Crippen LogP contribution in [0.15, 0.2) is 18.7 Å². The standard InChI is InChI=1S/C8H13F3NO4S.C8H15N2/c1-5(2)4-6(7(13)16-3)12-17(14,15)8(9,10)11;1-3-4-5-10-7-6-9(2)8-10/h5-6H,4H2,1-3H3;6-8H,3-5H2,1-2H3/q-1;+1/t6-;/m0./s1. The average molecular weight is 415 g/mol. The summed E-state index contributed by atoms with van der Waals surface area (Å²) in [5, 5.41) is 0. The Balaban J connectivity index is 0.000000569. The van der Waals surface area contributed by atoms with Crippen molar-refractivity contribution in [1.29, 1.82) is 0 Å². The van der Waals surface area contributed by atoms with Crippen LogP contribution in [0.2, 0.25) is 0 Å². The van der Waals surface area contributed by atoms with Gasteiger partial charge in [0.25, 0.3) is 5.97 Å². The van der Waals surface area contributed by atoms with Crippen LogP contribution >= 0.6 is 0 Å². The summed E-state index contributed by atoms with van der Waals surface area (Å²) in [6.45, 7) is 6.60. The van der Waals surface area contributed by atoms with Crippen molar-refractivity contribution >= 4 is 16.0 Å². The molecule has 158 valence electrons. The monoisotopic (exact) mass is 415 g/mol. The molecule has 0 amide bonds. The fourth-order valence-corrected chi connectivity index (χ4v) is 2.59. The van der Waals surface area contributed by atoms with Crippen molar-refractivity contribution in [3.8, 4) is 0 Å². The molecule has 0 aliphatic carbocycles. The smallest absolute Gasteiger partial charge is 0.480 e. The van der Waals surface area contributed by atoms with E-state index < -0.39 is 27.5 Å². The van der Waals surface area contributed by atoms with Gasteiger partial charge in [-0.05, 0) is 18.4 Å². The summed E-state index contributed by atoms with van der Waals surface area (Å²) >= 11 is 0. The number of esters is 1. The molecule has 1 heterocycles. The summed E-state index contributed by atoms with van der Waals surface area (Å²) in [5.41, 5.74) is -5.50. The first-order chi connectivity index (χ1) is 12.3. The third-order valence-electron chi connectivity index (χ3n) is 3.32. The van der Waals surface area contributed by atoms with E-state index in [2.05, 4.69) is 44.2 Å². The fraction of sp³-hybridized carbons (Fsp3) is 0.750. The third-order valence-corrected chi connectivity index (χ3v) is 4.44. The number of imidazole rings is 1. The molecular weight excluding hydrogens is 387 g/mol. The van der Waals surface area contributed by atoms with Gasteiger partial charge in [-0.2, -0.15) is 13.2 Å². The number of nitrogens with zero attached hydrogens (tertiary/aromatic N) is 3. The Labute approximate surface area is 158 Å². The lowest BCUT2D eigenvalue weighted by Crippen LogP contribution is -2.31. The molecule has 1 rings (SSSR count). The first kappa shape index (κ1) is 25.4. The number of aryl methyl sites for hydroxylation is 2. The van der Waals surface area contributed by atoms with Gasteiger partial charge in [-0.25, -0.2) is 17.6 Å². The Bertz CT molecular complexity index is 673. The SMILES string of the molecule is CCCCn1cc[n+](C)c1.COC(=O)[C@H](CC(C)C)[N-]S(=O)(=O)C(F)(F)F. The minimum atomic E-state index is -5.67. The number of methoxy groups -OCH3 is 1. The zero-order chi connectivity index (χ0) is 21.3. The first-order valence-corrected chi connectivity index (χ1v) is 9.90. The van der Waals surface area contributed by atoms with E-state index >= 15 is 0 Å². The molecule has 0 unspecified atom stereocenters. The number of ether oxygens (including phenoxy) is 1. The molecule has 0 bridgehead atoms. The van der Waals surface area contributed by atoms with Crippen LogP contribution < -0.4 is 4.57 Å². The zero-order valence-corrected chi connectivity index (χ0v) is 17.0. The number of unbranched alkanes of at least 4 members (excludes halogenated alkanes) is 1. The van der Waals surface area contributed by atoms with Gasteiger partial charge in [0.2, 0.25) is 6.33 Å². The van der Waals surface area contributed by atoms with Gasteiger partial charge in [-0.1, -0.05) is 33.6 Å². The Morgan fingerprint density at radius 3 is 2.30 bits per heavy atom. The van der Waals surface area contributed by atoms with Gasteiger partial charge in [-0.15, -0.1) is 0 Å². The van der Waals surface area contributed by atoms with Crippen molar-refractivity contribution in [3.63, 3.8) is 0 Å². The molecule has 0 fully saturated rings. The second-order valence-electron chi connectivity index (χ2n) is 6.37. The third kappa shape index (κ3) is 9.76. The molecule has 0 radical (unpaired) electrons. The molecule has 1 aromatic heterocycles. The molecule has 0 aliphatic rings. The molecular formula is C16H28F3N3O4S. The van der Waals surface area contributed by atoms with Crippen LogP contribution in [0.5, 0.6) is 0 Å². The molecule has 11 heteroatoms. The molecule has 0 aromatic carbocycles. The molecule has 0 N–H and O–H groups in total. The van der Waals surface area contributed by atoms with Crippen LogP contribution in [-0.4, -0.2) is 37.6 Å². The number of aromatic nitrogens is 2. The number of rotatable bonds is 8. The summed E-state index contributed by atoms with van der Waals surface area (Å²) in [5.74, 6) is -1.31. The van der Waals surface area contributed by atoms with Gasteiger partial charge < -0.3 is 9.46 Å². The molecule has 0 aliphatic heterocycles. The highest BCUT2D eigenvalue weighted by molar-refractivity contribution is 7.94. The minimum Gasteiger partial charge on any atom is -0.529 e. The number of alkyl halides is 3. The van der Waals surface area contributed by atoms with Crippen molar-refractivity contribution in [2.45, 2.75) is 58.1 Å². The topological polar surface area (TPSA) is 83.3 Å². The summed E-state index contributed by atoms with van der Waals surface area (Å²) in [6, 6.07) is -1.66. The number of halogens is 3.